The second-order valence-electron chi connectivity index (χ2n) is 5.42. The summed E-state index contributed by atoms with van der Waals surface area (Å²) in [6.07, 6.45) is 2.08. The summed E-state index contributed by atoms with van der Waals surface area (Å²) in [6.45, 7) is 3.90. The molecule has 3 rings (SSSR count). The second-order valence-corrected chi connectivity index (χ2v) is 7.04. The molecule has 116 valence electrons. The van der Waals surface area contributed by atoms with Crippen LogP contribution in [0.1, 0.15) is 36.4 Å². The van der Waals surface area contributed by atoms with Gasteiger partial charge in [0, 0.05) is 11.1 Å². The first-order chi connectivity index (χ1) is 10.5. The molecule has 0 radical (unpaired) electrons. The second kappa shape index (κ2) is 6.22. The first kappa shape index (κ1) is 15.2. The van der Waals surface area contributed by atoms with Gasteiger partial charge in [0.25, 0.3) is 0 Å². The average Bonchev–Trinajstić information content (AvgIpc) is 3.22. The van der Waals surface area contributed by atoms with Crippen LogP contribution in [0.5, 0.6) is 0 Å². The molecule has 1 unspecified atom stereocenters. The van der Waals surface area contributed by atoms with Crippen molar-refractivity contribution < 1.29 is 4.79 Å². The maximum Gasteiger partial charge on any atom is 0.324 e. The zero-order chi connectivity index (χ0) is 15.7. The minimum atomic E-state index is -0.124. The lowest BCUT2D eigenvalue weighted by Gasteiger charge is -2.29. The average molecular weight is 337 g/mol. The molecule has 1 N–H and O–H groups in total. The fraction of sp³-hybridized carbons (Fsp3) is 0.400. The van der Waals surface area contributed by atoms with Crippen molar-refractivity contribution in [3.63, 3.8) is 0 Å². The summed E-state index contributed by atoms with van der Waals surface area (Å²) in [5.74, 6) is 0. The molecule has 0 aliphatic heterocycles. The Morgan fingerprint density at radius 3 is 2.59 bits per heavy atom. The molecule has 1 fully saturated rings. The van der Waals surface area contributed by atoms with Gasteiger partial charge >= 0.3 is 6.03 Å². The van der Waals surface area contributed by atoms with E-state index in [0.29, 0.717) is 16.2 Å². The molecule has 1 aromatic heterocycles. The first-order valence-corrected chi connectivity index (χ1v) is 8.39. The number of halogens is 1. The van der Waals surface area contributed by atoms with Gasteiger partial charge in [-0.15, -0.1) is 10.2 Å². The third kappa shape index (κ3) is 3.39. The van der Waals surface area contributed by atoms with Crippen LogP contribution in [0.2, 0.25) is 5.02 Å². The first-order valence-electron chi connectivity index (χ1n) is 7.19. The van der Waals surface area contributed by atoms with Crippen LogP contribution in [-0.2, 0) is 0 Å². The van der Waals surface area contributed by atoms with Crippen molar-refractivity contribution in [1.82, 2.24) is 15.1 Å². The van der Waals surface area contributed by atoms with E-state index in [-0.39, 0.29) is 12.1 Å². The van der Waals surface area contributed by atoms with E-state index in [1.54, 1.807) is 0 Å². The number of carbonyl (C=O) groups excluding carboxylic acids is 1. The molecule has 1 atom stereocenters. The number of anilines is 1. The number of nitrogens with one attached hydrogen (secondary N) is 1. The molecule has 1 aromatic carbocycles. The molecule has 1 saturated carbocycles. The maximum atomic E-state index is 12.6. The predicted molar refractivity (Wildman–Crippen MR) is 88.4 cm³/mol. The van der Waals surface area contributed by atoms with E-state index >= 15 is 0 Å². The van der Waals surface area contributed by atoms with E-state index in [2.05, 4.69) is 15.5 Å². The van der Waals surface area contributed by atoms with Crippen molar-refractivity contribution in [2.75, 3.05) is 5.32 Å². The summed E-state index contributed by atoms with van der Waals surface area (Å²) in [5.41, 5.74) is 1.07. The number of aromatic nitrogens is 2. The largest absolute Gasteiger partial charge is 0.324 e. The van der Waals surface area contributed by atoms with Crippen molar-refractivity contribution in [1.29, 1.82) is 0 Å². The van der Waals surface area contributed by atoms with E-state index in [9.17, 15) is 4.79 Å². The number of carbonyl (C=O) groups is 1. The van der Waals surface area contributed by atoms with E-state index in [1.807, 2.05) is 43.0 Å². The standard InChI is InChI=1S/C15H17ClN4OS/c1-9(11-3-5-12(16)6-4-11)20(13-7-8-13)15(21)17-14-19-18-10(2)22-14/h3-6,9,13H,7-8H2,1-2H3,(H,17,19,21). The number of amides is 2. The summed E-state index contributed by atoms with van der Waals surface area (Å²) in [5, 5.41) is 12.8. The van der Waals surface area contributed by atoms with Gasteiger partial charge in [-0.1, -0.05) is 35.1 Å². The fourth-order valence-electron chi connectivity index (χ4n) is 2.42. The normalized spacial score (nSPS) is 15.4. The van der Waals surface area contributed by atoms with Crippen LogP contribution in [-0.4, -0.2) is 27.2 Å². The van der Waals surface area contributed by atoms with E-state index in [4.69, 9.17) is 11.6 Å². The Morgan fingerprint density at radius 1 is 1.36 bits per heavy atom. The van der Waals surface area contributed by atoms with Crippen LogP contribution in [0.3, 0.4) is 0 Å². The molecule has 0 spiro atoms. The summed E-state index contributed by atoms with van der Waals surface area (Å²) < 4.78 is 0. The minimum Gasteiger partial charge on any atom is -0.315 e. The zero-order valence-electron chi connectivity index (χ0n) is 12.4. The van der Waals surface area contributed by atoms with Crippen LogP contribution >= 0.6 is 22.9 Å². The van der Waals surface area contributed by atoms with Crippen molar-refractivity contribution >= 4 is 34.1 Å². The Morgan fingerprint density at radius 2 is 2.05 bits per heavy atom. The van der Waals surface area contributed by atoms with Gasteiger partial charge in [0.2, 0.25) is 5.13 Å². The van der Waals surface area contributed by atoms with Gasteiger partial charge in [0.15, 0.2) is 0 Å². The maximum absolute atomic E-state index is 12.6. The third-order valence-electron chi connectivity index (χ3n) is 3.68. The molecule has 1 aliphatic rings. The SMILES string of the molecule is Cc1nnc(NC(=O)N(C2CC2)C(C)c2ccc(Cl)cc2)s1. The van der Waals surface area contributed by atoms with Crippen LogP contribution in [0, 0.1) is 6.92 Å². The Hall–Kier alpha value is -1.66. The minimum absolute atomic E-state index is 0.0150. The topological polar surface area (TPSA) is 58.1 Å². The van der Waals surface area contributed by atoms with Crippen molar-refractivity contribution in [3.05, 3.63) is 39.9 Å². The highest BCUT2D eigenvalue weighted by Gasteiger charge is 2.36. The Labute approximate surface area is 138 Å². The van der Waals surface area contributed by atoms with Gasteiger partial charge in [0.05, 0.1) is 6.04 Å². The Kier molecular flexibility index (Phi) is 4.31. The lowest BCUT2D eigenvalue weighted by atomic mass is 10.1. The number of aryl methyl sites for hydroxylation is 1. The van der Waals surface area contributed by atoms with Crippen LogP contribution in [0.15, 0.2) is 24.3 Å². The van der Waals surface area contributed by atoms with Crippen molar-refractivity contribution in [2.24, 2.45) is 0 Å². The zero-order valence-corrected chi connectivity index (χ0v) is 14.0. The number of nitrogens with zero attached hydrogens (tertiary/aromatic N) is 3. The van der Waals surface area contributed by atoms with Crippen molar-refractivity contribution in [3.8, 4) is 0 Å². The highest BCUT2D eigenvalue weighted by Crippen LogP contribution is 2.35. The number of benzene rings is 1. The molecular formula is C15H17ClN4OS. The van der Waals surface area contributed by atoms with Crippen LogP contribution in [0.25, 0.3) is 0 Å². The van der Waals surface area contributed by atoms with Crippen molar-refractivity contribution in [2.45, 2.75) is 38.8 Å². The molecule has 22 heavy (non-hydrogen) atoms. The highest BCUT2D eigenvalue weighted by atomic mass is 35.5. The molecule has 5 nitrogen and oxygen atoms in total. The quantitative estimate of drug-likeness (QED) is 0.907. The molecular weight excluding hydrogens is 320 g/mol. The van der Waals surface area contributed by atoms with E-state index in [1.165, 1.54) is 11.3 Å². The summed E-state index contributed by atoms with van der Waals surface area (Å²) in [4.78, 5) is 14.5. The van der Waals surface area contributed by atoms with Gasteiger partial charge in [-0.2, -0.15) is 0 Å². The molecule has 0 bridgehead atoms. The highest BCUT2D eigenvalue weighted by molar-refractivity contribution is 7.15. The monoisotopic (exact) mass is 336 g/mol. The molecule has 1 heterocycles. The molecule has 2 amide bonds. The molecule has 1 aliphatic carbocycles. The van der Waals surface area contributed by atoms with Crippen LogP contribution in [0.4, 0.5) is 9.93 Å². The van der Waals surface area contributed by atoms with Gasteiger partial charge < -0.3 is 4.90 Å². The third-order valence-corrected chi connectivity index (χ3v) is 4.69. The lowest BCUT2D eigenvalue weighted by Crippen LogP contribution is -2.38. The molecule has 0 saturated heterocycles. The number of urea groups is 1. The number of hydrogen-bond acceptors (Lipinski definition) is 4. The lowest BCUT2D eigenvalue weighted by molar-refractivity contribution is 0.189. The van der Waals surface area contributed by atoms with Crippen LogP contribution < -0.4 is 5.32 Å². The number of rotatable bonds is 4. The predicted octanol–water partition coefficient (Wildman–Crippen LogP) is 4.26. The van der Waals surface area contributed by atoms with Gasteiger partial charge in [-0.3, -0.25) is 5.32 Å². The van der Waals surface area contributed by atoms with Gasteiger partial charge in [-0.05, 0) is 44.4 Å². The van der Waals surface area contributed by atoms with E-state index < -0.39 is 0 Å². The summed E-state index contributed by atoms with van der Waals surface area (Å²) in [6, 6.07) is 7.78. The van der Waals surface area contributed by atoms with Gasteiger partial charge in [-0.25, -0.2) is 4.79 Å². The fourth-order valence-corrected chi connectivity index (χ4v) is 3.12. The van der Waals surface area contributed by atoms with Gasteiger partial charge in [0.1, 0.15) is 5.01 Å². The summed E-state index contributed by atoms with van der Waals surface area (Å²) >= 11 is 7.31. The number of hydrogen-bond donors (Lipinski definition) is 1. The smallest absolute Gasteiger partial charge is 0.315 e. The Bertz CT molecular complexity index is 668. The molecule has 7 heteroatoms. The molecule has 2 aromatic rings. The Balaban J connectivity index is 1.77. The van der Waals surface area contributed by atoms with E-state index in [0.717, 1.165) is 23.4 Å². The summed E-state index contributed by atoms with van der Waals surface area (Å²) in [7, 11) is 0.